The van der Waals surface area contributed by atoms with Crippen LogP contribution in [0.1, 0.15) is 5.56 Å². The average Bonchev–Trinajstić information content (AvgIpc) is 3.18. The van der Waals surface area contributed by atoms with E-state index in [9.17, 15) is 0 Å². The molecule has 0 bridgehead atoms. The van der Waals surface area contributed by atoms with Gasteiger partial charge in [0.05, 0.1) is 34.3 Å². The Hall–Kier alpha value is -2.44. The van der Waals surface area contributed by atoms with Crippen molar-refractivity contribution < 1.29 is 0 Å². The minimum absolute atomic E-state index is 0.705. The van der Waals surface area contributed by atoms with Gasteiger partial charge in [-0.1, -0.05) is 42.5 Å². The van der Waals surface area contributed by atoms with E-state index in [1.165, 1.54) is 5.56 Å². The first-order valence-electron chi connectivity index (χ1n) is 8.54. The molecule has 0 aliphatic rings. The maximum atomic E-state index is 4.65. The van der Waals surface area contributed by atoms with Crippen molar-refractivity contribution in [1.29, 1.82) is 0 Å². The number of aromatic nitrogens is 4. The third-order valence-corrected chi connectivity index (χ3v) is 5.83. The molecular weight excluding hydrogens is 468 g/mol. The van der Waals surface area contributed by atoms with Gasteiger partial charge in [0.25, 0.3) is 0 Å². The van der Waals surface area contributed by atoms with Crippen LogP contribution in [0.3, 0.4) is 0 Å². The minimum atomic E-state index is 0.705. The Morgan fingerprint density at radius 1 is 0.667 bits per heavy atom. The second-order valence-electron chi connectivity index (χ2n) is 6.29. The number of hydrogen-bond donors (Lipinski definition) is 0. The molecule has 27 heavy (non-hydrogen) atoms. The summed E-state index contributed by atoms with van der Waals surface area (Å²) in [7, 11) is 0. The third-order valence-electron chi connectivity index (χ3n) is 4.69. The molecule has 5 rings (SSSR count). The Balaban J connectivity index is 1.69. The van der Waals surface area contributed by atoms with Crippen molar-refractivity contribution in [2.24, 2.45) is 0 Å². The summed E-state index contributed by atoms with van der Waals surface area (Å²) in [5.74, 6) is 0. The quantitative estimate of drug-likeness (QED) is 0.319. The predicted molar refractivity (Wildman–Crippen MR) is 115 cm³/mol. The number of hydrogen-bond acceptors (Lipinski definition) is 2. The Kier molecular flexibility index (Phi) is 4.10. The summed E-state index contributed by atoms with van der Waals surface area (Å²) >= 11 is 7.25. The number of fused-ring (bicyclic) bond motifs is 2. The van der Waals surface area contributed by atoms with E-state index in [0.717, 1.165) is 37.2 Å². The molecule has 132 valence electrons. The highest BCUT2D eigenvalue weighted by Gasteiger charge is 2.15. The number of imidazole rings is 2. The van der Waals surface area contributed by atoms with Gasteiger partial charge >= 0.3 is 0 Å². The number of benzene rings is 3. The molecule has 0 fully saturated rings. The van der Waals surface area contributed by atoms with Gasteiger partial charge in [-0.2, -0.15) is 0 Å². The van der Waals surface area contributed by atoms with Crippen molar-refractivity contribution in [1.82, 2.24) is 19.1 Å². The van der Waals surface area contributed by atoms with Gasteiger partial charge in [0.2, 0.25) is 0 Å². The fourth-order valence-corrected chi connectivity index (χ4v) is 4.54. The van der Waals surface area contributed by atoms with Crippen molar-refractivity contribution in [3.63, 3.8) is 0 Å². The summed E-state index contributed by atoms with van der Waals surface area (Å²) in [6.07, 6.45) is 0. The van der Waals surface area contributed by atoms with Crippen LogP contribution in [0.4, 0.5) is 0 Å². The van der Waals surface area contributed by atoms with Crippen molar-refractivity contribution in [3.8, 4) is 5.69 Å². The summed E-state index contributed by atoms with van der Waals surface area (Å²) in [5.41, 5.74) is 6.41. The van der Waals surface area contributed by atoms with E-state index in [1.54, 1.807) is 0 Å². The molecule has 2 aromatic heterocycles. The molecule has 0 saturated carbocycles. The van der Waals surface area contributed by atoms with E-state index in [2.05, 4.69) is 87.4 Å². The van der Waals surface area contributed by atoms with Crippen LogP contribution >= 0.6 is 31.9 Å². The van der Waals surface area contributed by atoms with Gasteiger partial charge in [0, 0.05) is 0 Å². The molecule has 0 saturated heterocycles. The normalized spacial score (nSPS) is 11.5. The number of para-hydroxylation sites is 5. The highest BCUT2D eigenvalue weighted by molar-refractivity contribution is 9.10. The molecule has 4 nitrogen and oxygen atoms in total. The van der Waals surface area contributed by atoms with Crippen LogP contribution in [0.25, 0.3) is 27.8 Å². The largest absolute Gasteiger partial charge is 0.314 e. The molecule has 3 aromatic carbocycles. The van der Waals surface area contributed by atoms with Gasteiger partial charge in [0.1, 0.15) is 0 Å². The number of nitrogens with zero attached hydrogens (tertiary/aromatic N) is 4. The molecule has 0 N–H and O–H groups in total. The van der Waals surface area contributed by atoms with Gasteiger partial charge < -0.3 is 4.57 Å². The first-order chi connectivity index (χ1) is 13.2. The Morgan fingerprint density at radius 3 is 2.07 bits per heavy atom. The zero-order chi connectivity index (χ0) is 18.4. The number of halogens is 2. The van der Waals surface area contributed by atoms with Gasteiger partial charge in [-0.25, -0.2) is 9.97 Å². The molecule has 0 aliphatic heterocycles. The van der Waals surface area contributed by atoms with E-state index >= 15 is 0 Å². The predicted octanol–water partition coefficient (Wildman–Crippen LogP) is 5.95. The lowest BCUT2D eigenvalue weighted by molar-refractivity contribution is 0.792. The van der Waals surface area contributed by atoms with Gasteiger partial charge in [-0.15, -0.1) is 0 Å². The fourth-order valence-electron chi connectivity index (χ4n) is 3.46. The zero-order valence-electron chi connectivity index (χ0n) is 14.2. The lowest BCUT2D eigenvalue weighted by Gasteiger charge is -2.14. The molecule has 0 unspecified atom stereocenters. The molecule has 0 aliphatic carbocycles. The highest BCUT2D eigenvalue weighted by Crippen LogP contribution is 2.29. The molecule has 2 heterocycles. The minimum Gasteiger partial charge on any atom is -0.314 e. The lowest BCUT2D eigenvalue weighted by atomic mass is 10.1. The summed E-state index contributed by atoms with van der Waals surface area (Å²) in [6.45, 7) is 0.705. The monoisotopic (exact) mass is 480 g/mol. The first-order valence-corrected chi connectivity index (χ1v) is 10.1. The van der Waals surface area contributed by atoms with E-state index in [4.69, 9.17) is 0 Å². The van der Waals surface area contributed by atoms with Crippen molar-refractivity contribution >= 4 is 53.9 Å². The smallest absolute Gasteiger partial charge is 0.182 e. The van der Waals surface area contributed by atoms with Crippen LogP contribution in [-0.2, 0) is 6.54 Å². The Morgan fingerprint density at radius 2 is 1.26 bits per heavy atom. The third kappa shape index (κ3) is 2.80. The van der Waals surface area contributed by atoms with Crippen LogP contribution in [0.2, 0.25) is 0 Å². The average molecular weight is 482 g/mol. The lowest BCUT2D eigenvalue weighted by Crippen LogP contribution is -2.06. The molecular formula is C21H14Br2N4. The van der Waals surface area contributed by atoms with Crippen LogP contribution in [-0.4, -0.2) is 19.1 Å². The van der Waals surface area contributed by atoms with Crippen molar-refractivity contribution in [2.45, 2.75) is 6.54 Å². The SMILES string of the molecule is Brc1nc2ccccc2n1Cc1ccccc1-n1c(Br)nc2ccccc21. The van der Waals surface area contributed by atoms with Crippen molar-refractivity contribution in [2.75, 3.05) is 0 Å². The summed E-state index contributed by atoms with van der Waals surface area (Å²) in [4.78, 5) is 9.27. The second-order valence-corrected chi connectivity index (χ2v) is 7.71. The number of rotatable bonds is 3. The Bertz CT molecular complexity index is 1290. The zero-order valence-corrected chi connectivity index (χ0v) is 17.4. The van der Waals surface area contributed by atoms with E-state index < -0.39 is 0 Å². The molecule has 0 radical (unpaired) electrons. The second kappa shape index (κ2) is 6.62. The van der Waals surface area contributed by atoms with Crippen LogP contribution < -0.4 is 0 Å². The van der Waals surface area contributed by atoms with Crippen LogP contribution in [0, 0.1) is 0 Å². The standard InChI is InChI=1S/C21H14Br2N4/c22-20-24-15-8-2-5-11-18(15)26(20)13-14-7-1-4-10-17(14)27-19-12-6-3-9-16(19)25-21(27)23/h1-12H,13H2. The van der Waals surface area contributed by atoms with E-state index in [1.807, 2.05) is 36.4 Å². The van der Waals surface area contributed by atoms with Crippen LogP contribution in [0.15, 0.2) is 82.3 Å². The summed E-state index contributed by atoms with van der Waals surface area (Å²) in [5, 5.41) is 0. The van der Waals surface area contributed by atoms with E-state index in [-0.39, 0.29) is 0 Å². The topological polar surface area (TPSA) is 35.6 Å². The van der Waals surface area contributed by atoms with Gasteiger partial charge in [0.15, 0.2) is 9.47 Å². The molecule has 0 amide bonds. The summed E-state index contributed by atoms with van der Waals surface area (Å²) < 4.78 is 5.96. The molecule has 6 heteroatoms. The maximum Gasteiger partial charge on any atom is 0.182 e. The molecule has 0 atom stereocenters. The summed E-state index contributed by atoms with van der Waals surface area (Å²) in [6, 6.07) is 24.7. The highest BCUT2D eigenvalue weighted by atomic mass is 79.9. The van der Waals surface area contributed by atoms with Gasteiger partial charge in [-0.05, 0) is 67.8 Å². The van der Waals surface area contributed by atoms with Crippen molar-refractivity contribution in [3.05, 3.63) is 87.8 Å². The first kappa shape index (κ1) is 16.7. The fraction of sp³-hybridized carbons (Fsp3) is 0.0476. The van der Waals surface area contributed by atoms with Gasteiger partial charge in [-0.3, -0.25) is 4.57 Å². The maximum absolute atomic E-state index is 4.65. The van der Waals surface area contributed by atoms with Crippen LogP contribution in [0.5, 0.6) is 0 Å². The van der Waals surface area contributed by atoms with E-state index in [0.29, 0.717) is 6.54 Å². The molecule has 0 spiro atoms. The Labute approximate surface area is 172 Å². The molecule has 5 aromatic rings.